The smallest absolute Gasteiger partial charge is 0.230 e. The largest absolute Gasteiger partial charge is 0.502 e. The van der Waals surface area contributed by atoms with Crippen LogP contribution in [0.15, 0.2) is 33.8 Å². The molecule has 0 fully saturated rings. The Morgan fingerprint density at radius 3 is 1.97 bits per heavy atom. The van der Waals surface area contributed by atoms with Crippen LogP contribution in [0.4, 0.5) is 0 Å². The molecule has 0 atom stereocenters. The van der Waals surface area contributed by atoms with Crippen LogP contribution in [0.3, 0.4) is 0 Å². The van der Waals surface area contributed by atoms with Gasteiger partial charge in [-0.3, -0.25) is 4.79 Å². The fourth-order valence-corrected chi connectivity index (χ4v) is 3.91. The molecule has 30 heavy (non-hydrogen) atoms. The average molecular weight is 436 g/mol. The Morgan fingerprint density at radius 1 is 0.933 bits per heavy atom. The van der Waals surface area contributed by atoms with Gasteiger partial charge in [0.05, 0.1) is 34.0 Å². The number of benzene rings is 2. The van der Waals surface area contributed by atoms with E-state index in [1.807, 2.05) is 0 Å². The van der Waals surface area contributed by atoms with Gasteiger partial charge in [-0.15, -0.1) is 0 Å². The Labute approximate surface area is 172 Å². The molecule has 3 aromatic rings. The Balaban J connectivity index is 2.34. The van der Waals surface area contributed by atoms with E-state index < -0.39 is 26.5 Å². The highest BCUT2D eigenvalue weighted by molar-refractivity contribution is 7.90. The number of aromatic hydroxyl groups is 1. The maximum absolute atomic E-state index is 13.4. The number of ketones is 1. The molecule has 0 amide bonds. The maximum Gasteiger partial charge on any atom is 0.230 e. The van der Waals surface area contributed by atoms with E-state index >= 15 is 0 Å². The molecule has 0 spiro atoms. The van der Waals surface area contributed by atoms with Gasteiger partial charge in [0.2, 0.25) is 26.4 Å². The third kappa shape index (κ3) is 3.39. The minimum atomic E-state index is -3.96. The number of furan rings is 1. The minimum absolute atomic E-state index is 0.0723. The molecule has 10 heteroatoms. The molecule has 0 saturated carbocycles. The molecule has 0 radical (unpaired) electrons. The second kappa shape index (κ2) is 7.79. The second-order valence-corrected chi connectivity index (χ2v) is 8.19. The zero-order chi connectivity index (χ0) is 22.2. The number of phenols is 1. The predicted octanol–water partition coefficient (Wildman–Crippen LogP) is 2.81. The SMILES string of the molecule is COc1cc(C(=O)c2c(S(C)(=O)=O)oc3c(O)c(OC)ccc23)cc(OC)c1OC. The maximum atomic E-state index is 13.4. The summed E-state index contributed by atoms with van der Waals surface area (Å²) >= 11 is 0. The number of methoxy groups -OCH3 is 4. The molecule has 3 rings (SSSR count). The highest BCUT2D eigenvalue weighted by Gasteiger charge is 2.31. The van der Waals surface area contributed by atoms with Crippen LogP contribution in [0, 0.1) is 0 Å². The average Bonchev–Trinajstić information content (AvgIpc) is 3.13. The summed E-state index contributed by atoms with van der Waals surface area (Å²) in [6.45, 7) is 0. The normalized spacial score (nSPS) is 11.4. The molecular weight excluding hydrogens is 416 g/mol. The first kappa shape index (κ1) is 21.3. The molecule has 0 bridgehead atoms. The van der Waals surface area contributed by atoms with Crippen molar-refractivity contribution < 1.29 is 41.7 Å². The lowest BCUT2D eigenvalue weighted by molar-refractivity contribution is 0.103. The van der Waals surface area contributed by atoms with Gasteiger partial charge in [-0.1, -0.05) is 0 Å². The van der Waals surface area contributed by atoms with Gasteiger partial charge < -0.3 is 28.5 Å². The molecular formula is C20H20O9S. The number of carbonyl (C=O) groups is 1. The number of phenolic OH excluding ortho intramolecular Hbond substituents is 1. The lowest BCUT2D eigenvalue weighted by Crippen LogP contribution is -2.08. The van der Waals surface area contributed by atoms with E-state index in [9.17, 15) is 18.3 Å². The molecule has 0 aliphatic rings. The van der Waals surface area contributed by atoms with Gasteiger partial charge in [-0.05, 0) is 24.3 Å². The third-order valence-electron chi connectivity index (χ3n) is 4.47. The van der Waals surface area contributed by atoms with Crippen molar-refractivity contribution in [1.29, 1.82) is 0 Å². The fraction of sp³-hybridized carbons (Fsp3) is 0.250. The Hall–Kier alpha value is -3.40. The highest BCUT2D eigenvalue weighted by Crippen LogP contribution is 2.43. The van der Waals surface area contributed by atoms with Crippen LogP contribution in [0.2, 0.25) is 0 Å². The van der Waals surface area contributed by atoms with Gasteiger partial charge >= 0.3 is 0 Å². The Morgan fingerprint density at radius 2 is 1.50 bits per heavy atom. The van der Waals surface area contributed by atoms with Crippen LogP contribution in [0.25, 0.3) is 11.0 Å². The highest BCUT2D eigenvalue weighted by atomic mass is 32.2. The number of fused-ring (bicyclic) bond motifs is 1. The molecule has 9 nitrogen and oxygen atoms in total. The molecule has 1 heterocycles. The van der Waals surface area contributed by atoms with E-state index in [0.717, 1.165) is 6.26 Å². The summed E-state index contributed by atoms with van der Waals surface area (Å²) in [5.41, 5.74) is -0.322. The number of rotatable bonds is 7. The number of sulfone groups is 1. The molecule has 0 saturated heterocycles. The molecule has 2 aromatic carbocycles. The first-order valence-corrected chi connectivity index (χ1v) is 10.4. The number of carbonyl (C=O) groups excluding carboxylic acids is 1. The standard InChI is InChI=1S/C20H20O9S/c1-25-12-7-6-11-15(20(30(5,23)24)29-18(11)17(12)22)16(21)10-8-13(26-2)19(28-4)14(9-10)27-3/h6-9,22H,1-5H3. The quantitative estimate of drug-likeness (QED) is 0.557. The molecule has 160 valence electrons. The lowest BCUT2D eigenvalue weighted by atomic mass is 10.0. The topological polar surface area (TPSA) is 122 Å². The van der Waals surface area contributed by atoms with Crippen LogP contribution in [-0.4, -0.2) is 54.0 Å². The third-order valence-corrected chi connectivity index (χ3v) is 5.43. The van der Waals surface area contributed by atoms with Crippen LogP contribution in [-0.2, 0) is 9.84 Å². The van der Waals surface area contributed by atoms with E-state index in [1.54, 1.807) is 0 Å². The monoisotopic (exact) mass is 436 g/mol. The summed E-state index contributed by atoms with van der Waals surface area (Å²) in [5.74, 6) is -0.291. The molecule has 1 aromatic heterocycles. The van der Waals surface area contributed by atoms with E-state index in [0.29, 0.717) is 0 Å². The lowest BCUT2D eigenvalue weighted by Gasteiger charge is -2.13. The summed E-state index contributed by atoms with van der Waals surface area (Å²) < 4.78 is 50.9. The van der Waals surface area contributed by atoms with Gasteiger partial charge in [0.1, 0.15) is 0 Å². The van der Waals surface area contributed by atoms with Crippen molar-refractivity contribution in [3.63, 3.8) is 0 Å². The van der Waals surface area contributed by atoms with Gasteiger partial charge in [-0.2, -0.15) is 0 Å². The van der Waals surface area contributed by atoms with Gasteiger partial charge in [0.25, 0.3) is 0 Å². The summed E-state index contributed by atoms with van der Waals surface area (Å²) in [4.78, 5) is 13.4. The summed E-state index contributed by atoms with van der Waals surface area (Å²) in [5, 5.41) is 9.91. The van der Waals surface area contributed by atoms with E-state index in [1.165, 1.54) is 52.7 Å². The van der Waals surface area contributed by atoms with Crippen LogP contribution in [0.5, 0.6) is 28.7 Å². The molecule has 0 aliphatic carbocycles. The van der Waals surface area contributed by atoms with Gasteiger partial charge in [0, 0.05) is 17.2 Å². The molecule has 0 unspecified atom stereocenters. The van der Waals surface area contributed by atoms with Crippen molar-refractivity contribution in [3.05, 3.63) is 35.4 Å². The number of ether oxygens (including phenoxy) is 4. The first-order chi connectivity index (χ1) is 14.2. The van der Waals surface area contributed by atoms with Crippen molar-refractivity contribution in [2.45, 2.75) is 5.09 Å². The van der Waals surface area contributed by atoms with Crippen molar-refractivity contribution in [1.82, 2.24) is 0 Å². The van der Waals surface area contributed by atoms with Crippen LogP contribution >= 0.6 is 0 Å². The zero-order valence-corrected chi connectivity index (χ0v) is 17.7. The summed E-state index contributed by atoms with van der Waals surface area (Å²) in [6.07, 6.45) is 0.908. The first-order valence-electron chi connectivity index (χ1n) is 8.55. The van der Waals surface area contributed by atoms with Crippen molar-refractivity contribution in [2.24, 2.45) is 0 Å². The van der Waals surface area contributed by atoms with Crippen LogP contribution in [0.1, 0.15) is 15.9 Å². The van der Waals surface area contributed by atoms with Gasteiger partial charge in [0.15, 0.2) is 28.6 Å². The van der Waals surface area contributed by atoms with Gasteiger partial charge in [-0.25, -0.2) is 8.42 Å². The van der Waals surface area contributed by atoms with Crippen molar-refractivity contribution in [3.8, 4) is 28.7 Å². The summed E-state index contributed by atoms with van der Waals surface area (Å²) in [7, 11) is 1.59. The summed E-state index contributed by atoms with van der Waals surface area (Å²) in [6, 6.07) is 5.65. The van der Waals surface area contributed by atoms with E-state index in [4.69, 9.17) is 23.4 Å². The number of hydrogen-bond donors (Lipinski definition) is 1. The van der Waals surface area contributed by atoms with E-state index in [-0.39, 0.29) is 45.1 Å². The fourth-order valence-electron chi connectivity index (χ4n) is 3.10. The second-order valence-electron chi connectivity index (χ2n) is 6.27. The molecule has 1 N–H and O–H groups in total. The van der Waals surface area contributed by atoms with Crippen molar-refractivity contribution in [2.75, 3.05) is 34.7 Å². The van der Waals surface area contributed by atoms with Crippen molar-refractivity contribution >= 4 is 26.6 Å². The predicted molar refractivity (Wildman–Crippen MR) is 107 cm³/mol. The van der Waals surface area contributed by atoms with E-state index in [2.05, 4.69) is 0 Å². The Bertz CT molecular complexity index is 1210. The van der Waals surface area contributed by atoms with Crippen LogP contribution < -0.4 is 18.9 Å². The zero-order valence-electron chi connectivity index (χ0n) is 16.9. The minimum Gasteiger partial charge on any atom is -0.502 e. The number of hydrogen-bond acceptors (Lipinski definition) is 9. The molecule has 0 aliphatic heterocycles. The Kier molecular flexibility index (Phi) is 5.53.